The summed E-state index contributed by atoms with van der Waals surface area (Å²) in [5, 5.41) is 0.882. The number of pyridine rings is 1. The minimum absolute atomic E-state index is 0.0149. The Bertz CT molecular complexity index is 809. The van der Waals surface area contributed by atoms with Gasteiger partial charge in [-0.1, -0.05) is 18.2 Å². The van der Waals surface area contributed by atoms with Crippen LogP contribution in [0.25, 0.3) is 11.0 Å². The number of aryl methyl sites for hydroxylation is 1. The van der Waals surface area contributed by atoms with Gasteiger partial charge in [-0.2, -0.15) is 0 Å². The minimum Gasteiger partial charge on any atom is -0.453 e. The fourth-order valence-corrected chi connectivity index (χ4v) is 2.09. The van der Waals surface area contributed by atoms with Crippen molar-refractivity contribution < 1.29 is 9.21 Å². The molecular formula is C16H13NO3. The molecule has 0 aliphatic heterocycles. The molecule has 3 aromatic rings. The maximum Gasteiger partial charge on any atom is 0.251 e. The van der Waals surface area contributed by atoms with Gasteiger partial charge in [0, 0.05) is 17.6 Å². The summed E-state index contributed by atoms with van der Waals surface area (Å²) < 4.78 is 6.88. The Morgan fingerprint density at radius 3 is 2.75 bits per heavy atom. The lowest BCUT2D eigenvalue weighted by atomic mass is 10.2. The second-order valence-corrected chi connectivity index (χ2v) is 4.74. The van der Waals surface area contributed by atoms with Gasteiger partial charge in [0.05, 0.1) is 6.54 Å². The number of fused-ring (bicyclic) bond motifs is 1. The van der Waals surface area contributed by atoms with Gasteiger partial charge in [-0.05, 0) is 30.7 Å². The molecule has 3 rings (SSSR count). The van der Waals surface area contributed by atoms with Crippen LogP contribution in [0.2, 0.25) is 0 Å². The fraction of sp³-hybridized carbons (Fsp3) is 0.125. The van der Waals surface area contributed by atoms with Crippen LogP contribution >= 0.6 is 0 Å². The van der Waals surface area contributed by atoms with Gasteiger partial charge in [-0.3, -0.25) is 9.59 Å². The average Bonchev–Trinajstić information content (AvgIpc) is 2.86. The number of ketones is 1. The molecule has 4 heteroatoms. The van der Waals surface area contributed by atoms with Crippen LogP contribution in [0, 0.1) is 6.92 Å². The summed E-state index contributed by atoms with van der Waals surface area (Å²) in [5.74, 6) is 0.0610. The van der Waals surface area contributed by atoms with Gasteiger partial charge in [0.25, 0.3) is 5.56 Å². The smallest absolute Gasteiger partial charge is 0.251 e. The first-order valence-corrected chi connectivity index (χ1v) is 6.32. The van der Waals surface area contributed by atoms with E-state index in [1.54, 1.807) is 18.3 Å². The summed E-state index contributed by atoms with van der Waals surface area (Å²) in [6, 6.07) is 12.4. The molecule has 20 heavy (non-hydrogen) atoms. The third kappa shape index (κ3) is 2.28. The highest BCUT2D eigenvalue weighted by Gasteiger charge is 2.13. The van der Waals surface area contributed by atoms with Crippen LogP contribution in [0.5, 0.6) is 0 Å². The molecule has 2 aromatic heterocycles. The van der Waals surface area contributed by atoms with E-state index in [0.29, 0.717) is 5.58 Å². The lowest BCUT2D eigenvalue weighted by Gasteiger charge is -2.03. The van der Waals surface area contributed by atoms with E-state index in [9.17, 15) is 9.59 Å². The molecule has 4 nitrogen and oxygen atoms in total. The Labute approximate surface area is 115 Å². The highest BCUT2D eigenvalue weighted by molar-refractivity contribution is 5.97. The molecule has 0 radical (unpaired) electrons. The highest BCUT2D eigenvalue weighted by atomic mass is 16.3. The molecule has 0 atom stereocenters. The van der Waals surface area contributed by atoms with Crippen molar-refractivity contribution >= 4 is 16.8 Å². The summed E-state index contributed by atoms with van der Waals surface area (Å²) >= 11 is 0. The van der Waals surface area contributed by atoms with Crippen LogP contribution in [0.1, 0.15) is 16.1 Å². The summed E-state index contributed by atoms with van der Waals surface area (Å²) in [6.07, 6.45) is 1.62. The molecule has 0 N–H and O–H groups in total. The van der Waals surface area contributed by atoms with Crippen LogP contribution in [0.15, 0.2) is 57.9 Å². The molecule has 100 valence electrons. The van der Waals surface area contributed by atoms with E-state index in [2.05, 4.69) is 0 Å². The van der Waals surface area contributed by atoms with Gasteiger partial charge < -0.3 is 8.98 Å². The van der Waals surface area contributed by atoms with Gasteiger partial charge in [-0.15, -0.1) is 0 Å². The van der Waals surface area contributed by atoms with Crippen molar-refractivity contribution in [1.29, 1.82) is 0 Å². The number of carbonyl (C=O) groups excluding carboxylic acids is 1. The van der Waals surface area contributed by atoms with Crippen molar-refractivity contribution in [3.63, 3.8) is 0 Å². The Hall–Kier alpha value is -2.62. The maximum absolute atomic E-state index is 12.2. The number of nitrogens with zero attached hydrogens (tertiary/aromatic N) is 1. The number of furan rings is 1. The molecular weight excluding hydrogens is 254 g/mol. The number of aromatic nitrogens is 1. The Balaban J connectivity index is 1.90. The minimum atomic E-state index is -0.216. The first-order valence-electron chi connectivity index (χ1n) is 6.32. The third-order valence-corrected chi connectivity index (χ3v) is 3.17. The number of hydrogen-bond donors (Lipinski definition) is 0. The van der Waals surface area contributed by atoms with Gasteiger partial charge in [0.2, 0.25) is 5.78 Å². The van der Waals surface area contributed by atoms with E-state index in [1.807, 2.05) is 31.2 Å². The molecule has 0 bridgehead atoms. The van der Waals surface area contributed by atoms with Crippen LogP contribution < -0.4 is 5.56 Å². The largest absolute Gasteiger partial charge is 0.453 e. The first-order chi connectivity index (χ1) is 9.63. The van der Waals surface area contributed by atoms with Crippen molar-refractivity contribution in [2.45, 2.75) is 13.5 Å². The van der Waals surface area contributed by atoms with E-state index in [0.717, 1.165) is 10.9 Å². The zero-order valence-corrected chi connectivity index (χ0v) is 11.0. The molecule has 0 aliphatic rings. The third-order valence-electron chi connectivity index (χ3n) is 3.17. The standard InChI is InChI=1S/C16H13NO3/c1-11-6-7-17(16(19)8-11)10-13(18)15-9-12-4-2-3-5-14(12)20-15/h2-9H,10H2,1H3. The Morgan fingerprint density at radius 2 is 2.00 bits per heavy atom. The second-order valence-electron chi connectivity index (χ2n) is 4.74. The van der Waals surface area contributed by atoms with Crippen molar-refractivity contribution in [1.82, 2.24) is 4.57 Å². The average molecular weight is 267 g/mol. The van der Waals surface area contributed by atoms with Crippen molar-refractivity contribution in [3.05, 3.63) is 70.3 Å². The van der Waals surface area contributed by atoms with Crippen molar-refractivity contribution in [3.8, 4) is 0 Å². The molecule has 0 saturated heterocycles. The number of benzene rings is 1. The van der Waals surface area contributed by atoms with E-state index < -0.39 is 0 Å². The molecule has 2 heterocycles. The summed E-state index contributed by atoms with van der Waals surface area (Å²) in [7, 11) is 0. The van der Waals surface area contributed by atoms with Crippen LogP contribution in [-0.2, 0) is 6.54 Å². The zero-order valence-electron chi connectivity index (χ0n) is 11.0. The molecule has 0 saturated carbocycles. The monoisotopic (exact) mass is 267 g/mol. The summed E-state index contributed by atoms with van der Waals surface area (Å²) in [5.41, 5.74) is 1.36. The number of hydrogen-bond acceptors (Lipinski definition) is 3. The molecule has 1 aromatic carbocycles. The van der Waals surface area contributed by atoms with Crippen LogP contribution in [0.4, 0.5) is 0 Å². The predicted molar refractivity (Wildman–Crippen MR) is 76.0 cm³/mol. The lowest BCUT2D eigenvalue weighted by molar-refractivity contribution is 0.0946. The van der Waals surface area contributed by atoms with Crippen molar-refractivity contribution in [2.24, 2.45) is 0 Å². The quantitative estimate of drug-likeness (QED) is 0.686. The first kappa shape index (κ1) is 12.4. The van der Waals surface area contributed by atoms with Crippen LogP contribution in [0.3, 0.4) is 0 Å². The Morgan fingerprint density at radius 1 is 1.20 bits per heavy atom. The molecule has 0 unspecified atom stereocenters. The predicted octanol–water partition coefficient (Wildman–Crippen LogP) is 2.79. The maximum atomic E-state index is 12.2. The molecule has 0 spiro atoms. The van der Waals surface area contributed by atoms with Crippen LogP contribution in [-0.4, -0.2) is 10.4 Å². The van der Waals surface area contributed by atoms with E-state index in [4.69, 9.17) is 4.42 Å². The topological polar surface area (TPSA) is 52.2 Å². The van der Waals surface area contributed by atoms with Gasteiger partial charge in [0.15, 0.2) is 5.76 Å². The summed E-state index contributed by atoms with van der Waals surface area (Å²) in [4.78, 5) is 23.9. The molecule has 0 fully saturated rings. The number of para-hydroxylation sites is 1. The van der Waals surface area contributed by atoms with E-state index in [-0.39, 0.29) is 23.6 Å². The number of Topliss-reactive ketones (excluding diaryl/α,β-unsaturated/α-hetero) is 1. The summed E-state index contributed by atoms with van der Waals surface area (Å²) in [6.45, 7) is 1.83. The van der Waals surface area contributed by atoms with E-state index >= 15 is 0 Å². The zero-order chi connectivity index (χ0) is 14.1. The highest BCUT2D eigenvalue weighted by Crippen LogP contribution is 2.19. The van der Waals surface area contributed by atoms with Gasteiger partial charge in [-0.25, -0.2) is 0 Å². The SMILES string of the molecule is Cc1ccn(CC(=O)c2cc3ccccc3o2)c(=O)c1. The van der Waals surface area contributed by atoms with Gasteiger partial charge in [0.1, 0.15) is 5.58 Å². The molecule has 0 amide bonds. The van der Waals surface area contributed by atoms with E-state index in [1.165, 1.54) is 10.6 Å². The number of carbonyl (C=O) groups is 1. The normalized spacial score (nSPS) is 10.8. The van der Waals surface area contributed by atoms with Crippen molar-refractivity contribution in [2.75, 3.05) is 0 Å². The second kappa shape index (κ2) is 4.81. The van der Waals surface area contributed by atoms with Gasteiger partial charge >= 0.3 is 0 Å². The lowest BCUT2D eigenvalue weighted by Crippen LogP contribution is -2.23. The molecule has 0 aliphatic carbocycles. The number of rotatable bonds is 3. The fourth-order valence-electron chi connectivity index (χ4n) is 2.09. The Kier molecular flexibility index (Phi) is 2.99.